The minimum absolute atomic E-state index is 0.0516. The molecule has 1 aliphatic heterocycles. The predicted octanol–water partition coefficient (Wildman–Crippen LogP) is 2.50. The van der Waals surface area contributed by atoms with Crippen molar-refractivity contribution in [2.45, 2.75) is 25.7 Å². The van der Waals surface area contributed by atoms with Crippen molar-refractivity contribution in [2.24, 2.45) is 0 Å². The van der Waals surface area contributed by atoms with Gasteiger partial charge in [0.1, 0.15) is 11.5 Å². The summed E-state index contributed by atoms with van der Waals surface area (Å²) in [5.41, 5.74) is 2.63. The van der Waals surface area contributed by atoms with Crippen molar-refractivity contribution in [3.63, 3.8) is 0 Å². The van der Waals surface area contributed by atoms with E-state index in [1.807, 2.05) is 49.4 Å². The quantitative estimate of drug-likeness (QED) is 0.613. The Morgan fingerprint density at radius 1 is 1.03 bits per heavy atom. The Balaban J connectivity index is 1.54. The molecule has 3 N–H and O–H groups in total. The third kappa shape index (κ3) is 4.07. The van der Waals surface area contributed by atoms with Gasteiger partial charge in [-0.15, -0.1) is 0 Å². The molecule has 0 spiro atoms. The van der Waals surface area contributed by atoms with Crippen molar-refractivity contribution >= 4 is 22.8 Å². The van der Waals surface area contributed by atoms with Crippen LogP contribution < -0.4 is 25.4 Å². The third-order valence-corrected chi connectivity index (χ3v) is 4.95. The Kier molecular flexibility index (Phi) is 5.18. The molecule has 0 bridgehead atoms. The minimum atomic E-state index is -0.488. The fourth-order valence-corrected chi connectivity index (χ4v) is 3.42. The van der Waals surface area contributed by atoms with Crippen molar-refractivity contribution in [3.8, 4) is 11.5 Å². The van der Waals surface area contributed by atoms with Crippen molar-refractivity contribution in [1.82, 2.24) is 20.6 Å². The first-order chi connectivity index (χ1) is 14.1. The molecule has 1 amide bonds. The van der Waals surface area contributed by atoms with Gasteiger partial charge in [0, 0.05) is 17.8 Å². The lowest BCUT2D eigenvalue weighted by atomic mass is 10.0. The Bertz CT molecular complexity index is 1040. The van der Waals surface area contributed by atoms with E-state index < -0.39 is 6.29 Å². The van der Waals surface area contributed by atoms with Gasteiger partial charge in [-0.3, -0.25) is 10.1 Å². The Morgan fingerprint density at radius 3 is 2.48 bits per heavy atom. The van der Waals surface area contributed by atoms with Crippen molar-refractivity contribution in [2.75, 3.05) is 19.5 Å². The van der Waals surface area contributed by atoms with E-state index in [-0.39, 0.29) is 11.9 Å². The summed E-state index contributed by atoms with van der Waals surface area (Å²) in [6.45, 7) is 1.92. The first-order valence-corrected chi connectivity index (χ1v) is 9.34. The summed E-state index contributed by atoms with van der Waals surface area (Å²) in [5.74, 6) is 1.92. The molecule has 4 rings (SSSR count). The SMILES string of the molecule is COc1ccc(C2CC(=O)NC(Nc3nc(C)c4cc(OC)ccc4n3)N2)cc1. The van der Waals surface area contributed by atoms with Gasteiger partial charge in [0.2, 0.25) is 11.9 Å². The molecule has 8 nitrogen and oxygen atoms in total. The second-order valence-electron chi connectivity index (χ2n) is 6.86. The molecule has 1 aromatic heterocycles. The highest BCUT2D eigenvalue weighted by Crippen LogP contribution is 2.25. The van der Waals surface area contributed by atoms with E-state index in [2.05, 4.69) is 25.9 Å². The first kappa shape index (κ1) is 18.9. The van der Waals surface area contributed by atoms with E-state index in [0.29, 0.717) is 12.4 Å². The maximum Gasteiger partial charge on any atom is 0.226 e. The molecule has 2 heterocycles. The van der Waals surface area contributed by atoms with Gasteiger partial charge in [0.05, 0.1) is 25.4 Å². The smallest absolute Gasteiger partial charge is 0.226 e. The molecule has 2 unspecified atom stereocenters. The Morgan fingerprint density at radius 2 is 1.76 bits per heavy atom. The first-order valence-electron chi connectivity index (χ1n) is 9.34. The highest BCUT2D eigenvalue weighted by molar-refractivity contribution is 5.83. The molecule has 0 aliphatic carbocycles. The van der Waals surface area contributed by atoms with Gasteiger partial charge in [-0.2, -0.15) is 0 Å². The van der Waals surface area contributed by atoms with E-state index in [9.17, 15) is 4.79 Å². The van der Waals surface area contributed by atoms with Crippen LogP contribution in [0.2, 0.25) is 0 Å². The number of nitrogens with zero attached hydrogens (tertiary/aromatic N) is 2. The number of amides is 1. The number of rotatable bonds is 5. The number of carbonyl (C=O) groups is 1. The van der Waals surface area contributed by atoms with E-state index >= 15 is 0 Å². The highest BCUT2D eigenvalue weighted by Gasteiger charge is 2.27. The van der Waals surface area contributed by atoms with Gasteiger partial charge < -0.3 is 20.1 Å². The van der Waals surface area contributed by atoms with Crippen molar-refractivity contribution in [1.29, 1.82) is 0 Å². The van der Waals surface area contributed by atoms with E-state index in [4.69, 9.17) is 9.47 Å². The molecule has 3 aromatic rings. The number of aromatic nitrogens is 2. The minimum Gasteiger partial charge on any atom is -0.497 e. The summed E-state index contributed by atoms with van der Waals surface area (Å²) < 4.78 is 10.5. The number of carbonyl (C=O) groups excluding carboxylic acids is 1. The number of fused-ring (bicyclic) bond motifs is 1. The number of anilines is 1. The number of aryl methyl sites for hydroxylation is 1. The number of hydrogen-bond acceptors (Lipinski definition) is 7. The number of benzene rings is 2. The summed E-state index contributed by atoms with van der Waals surface area (Å²) in [6, 6.07) is 13.2. The predicted molar refractivity (Wildman–Crippen MR) is 110 cm³/mol. The molecule has 1 fully saturated rings. The Hall–Kier alpha value is -3.39. The van der Waals surface area contributed by atoms with Gasteiger partial charge in [0.25, 0.3) is 0 Å². The van der Waals surface area contributed by atoms with E-state index in [1.165, 1.54) is 0 Å². The molecule has 1 saturated heterocycles. The second kappa shape index (κ2) is 7.92. The van der Waals surface area contributed by atoms with Crippen LogP contribution in [0.3, 0.4) is 0 Å². The lowest BCUT2D eigenvalue weighted by Gasteiger charge is -2.32. The summed E-state index contributed by atoms with van der Waals surface area (Å²) in [5, 5.41) is 10.4. The van der Waals surface area contributed by atoms with Crippen LogP contribution >= 0.6 is 0 Å². The summed E-state index contributed by atoms with van der Waals surface area (Å²) in [7, 11) is 3.26. The lowest BCUT2D eigenvalue weighted by molar-refractivity contribution is -0.124. The molecule has 29 heavy (non-hydrogen) atoms. The standard InChI is InChI=1S/C21H23N5O3/c1-12-16-10-15(29-3)8-9-17(16)23-20(22-12)26-21-24-18(11-19(27)25-21)13-4-6-14(28-2)7-5-13/h4-10,18,21,24H,11H2,1-3H3,(H,25,27)(H,22,23,26). The monoisotopic (exact) mass is 393 g/mol. The van der Waals surface area contributed by atoms with Crippen LogP contribution in [-0.2, 0) is 4.79 Å². The zero-order chi connectivity index (χ0) is 20.4. The highest BCUT2D eigenvalue weighted by atomic mass is 16.5. The fourth-order valence-electron chi connectivity index (χ4n) is 3.42. The molecule has 2 aromatic carbocycles. The zero-order valence-corrected chi connectivity index (χ0v) is 16.5. The molecule has 150 valence electrons. The van der Waals surface area contributed by atoms with Crippen LogP contribution in [0.1, 0.15) is 23.7 Å². The number of nitrogens with one attached hydrogen (secondary N) is 3. The average Bonchev–Trinajstić information content (AvgIpc) is 2.73. The molecular formula is C21H23N5O3. The maximum atomic E-state index is 12.2. The Labute approximate surface area is 168 Å². The van der Waals surface area contributed by atoms with Crippen LogP contribution in [0.4, 0.5) is 5.95 Å². The fraction of sp³-hybridized carbons (Fsp3) is 0.286. The van der Waals surface area contributed by atoms with Crippen LogP contribution in [0, 0.1) is 6.92 Å². The molecular weight excluding hydrogens is 370 g/mol. The normalized spacial score (nSPS) is 18.9. The topological polar surface area (TPSA) is 97.4 Å². The molecule has 8 heteroatoms. The van der Waals surface area contributed by atoms with Crippen LogP contribution in [0.25, 0.3) is 10.9 Å². The van der Waals surface area contributed by atoms with Gasteiger partial charge in [-0.05, 0) is 42.8 Å². The summed E-state index contributed by atoms with van der Waals surface area (Å²) >= 11 is 0. The molecule has 2 atom stereocenters. The van der Waals surface area contributed by atoms with Crippen molar-refractivity contribution in [3.05, 3.63) is 53.7 Å². The van der Waals surface area contributed by atoms with Gasteiger partial charge >= 0.3 is 0 Å². The third-order valence-electron chi connectivity index (χ3n) is 4.95. The van der Waals surface area contributed by atoms with Gasteiger partial charge in [-0.25, -0.2) is 9.97 Å². The zero-order valence-electron chi connectivity index (χ0n) is 16.5. The lowest BCUT2D eigenvalue weighted by Crippen LogP contribution is -2.56. The van der Waals surface area contributed by atoms with E-state index in [1.54, 1.807) is 14.2 Å². The molecule has 0 radical (unpaired) electrons. The summed E-state index contributed by atoms with van der Waals surface area (Å²) in [4.78, 5) is 21.3. The molecule has 0 saturated carbocycles. The molecule has 1 aliphatic rings. The van der Waals surface area contributed by atoms with E-state index in [0.717, 1.165) is 33.7 Å². The largest absolute Gasteiger partial charge is 0.497 e. The average molecular weight is 393 g/mol. The van der Waals surface area contributed by atoms with Gasteiger partial charge in [-0.1, -0.05) is 12.1 Å². The number of methoxy groups -OCH3 is 2. The van der Waals surface area contributed by atoms with Crippen LogP contribution in [0.5, 0.6) is 11.5 Å². The van der Waals surface area contributed by atoms with Crippen LogP contribution in [0.15, 0.2) is 42.5 Å². The second-order valence-corrected chi connectivity index (χ2v) is 6.86. The number of hydrogen-bond donors (Lipinski definition) is 3. The number of ether oxygens (including phenoxy) is 2. The maximum absolute atomic E-state index is 12.2. The van der Waals surface area contributed by atoms with Gasteiger partial charge in [0.15, 0.2) is 6.29 Å². The van der Waals surface area contributed by atoms with Crippen LogP contribution in [-0.4, -0.2) is 36.4 Å². The van der Waals surface area contributed by atoms with Crippen molar-refractivity contribution < 1.29 is 14.3 Å². The summed E-state index contributed by atoms with van der Waals surface area (Å²) in [6.07, 6.45) is -0.138.